The average Bonchev–Trinajstić information content (AvgIpc) is 2.73. The molecule has 0 aromatic carbocycles. The summed E-state index contributed by atoms with van der Waals surface area (Å²) in [5.41, 5.74) is 8.49. The fraction of sp³-hybridized carbons (Fsp3) is 0.0833. The normalized spacial score (nSPS) is 10.9. The minimum atomic E-state index is 0.655. The largest absolute Gasteiger partial charge is 0.397 e. The maximum Gasteiger partial charge on any atom is 0.127 e. The van der Waals surface area contributed by atoms with Crippen LogP contribution in [0.1, 0.15) is 5.69 Å². The molecular formula is C12H11N5S. The highest BCUT2D eigenvalue weighted by molar-refractivity contribution is 7.99. The van der Waals surface area contributed by atoms with Gasteiger partial charge in [0.1, 0.15) is 5.03 Å². The molecule has 5 nitrogen and oxygen atoms in total. The van der Waals surface area contributed by atoms with Gasteiger partial charge in [-0.3, -0.25) is 4.98 Å². The summed E-state index contributed by atoms with van der Waals surface area (Å²) in [6, 6.07) is 3.89. The van der Waals surface area contributed by atoms with Crippen LogP contribution in [0.4, 0.5) is 5.69 Å². The average molecular weight is 257 g/mol. The van der Waals surface area contributed by atoms with Gasteiger partial charge < -0.3 is 5.73 Å². The van der Waals surface area contributed by atoms with Crippen LogP contribution >= 0.6 is 11.8 Å². The van der Waals surface area contributed by atoms with Crippen LogP contribution in [0.5, 0.6) is 0 Å². The third-order valence-electron chi connectivity index (χ3n) is 2.49. The summed E-state index contributed by atoms with van der Waals surface area (Å²) in [4.78, 5) is 9.31. The Hall–Kier alpha value is -2.08. The van der Waals surface area contributed by atoms with Crippen LogP contribution in [-0.2, 0) is 0 Å². The van der Waals surface area contributed by atoms with Gasteiger partial charge in [0.2, 0.25) is 0 Å². The molecule has 0 fully saturated rings. The fourth-order valence-electron chi connectivity index (χ4n) is 1.69. The summed E-state index contributed by atoms with van der Waals surface area (Å²) in [7, 11) is 0. The van der Waals surface area contributed by atoms with E-state index in [9.17, 15) is 0 Å². The Labute approximate surface area is 108 Å². The van der Waals surface area contributed by atoms with Crippen molar-refractivity contribution in [1.29, 1.82) is 0 Å². The summed E-state index contributed by atoms with van der Waals surface area (Å²) in [5.74, 6) is 0. The minimum Gasteiger partial charge on any atom is -0.397 e. The number of fused-ring (bicyclic) bond motifs is 1. The molecule has 0 amide bonds. The van der Waals surface area contributed by atoms with Gasteiger partial charge in [-0.05, 0) is 19.1 Å². The number of aromatic nitrogens is 4. The van der Waals surface area contributed by atoms with E-state index in [4.69, 9.17) is 5.73 Å². The molecule has 0 saturated carbocycles. The predicted molar refractivity (Wildman–Crippen MR) is 70.5 cm³/mol. The molecule has 3 aromatic heterocycles. The first kappa shape index (κ1) is 11.0. The third-order valence-corrected chi connectivity index (χ3v) is 3.59. The second kappa shape index (κ2) is 4.30. The standard InChI is InChI=1S/C12H11N5S/c1-8-6-10-12(15-4-5-17(10)16-8)18-11-2-3-14-7-9(11)13/h2-7H,13H2,1H3. The van der Waals surface area contributed by atoms with Crippen LogP contribution in [0, 0.1) is 6.92 Å². The number of anilines is 1. The minimum absolute atomic E-state index is 0.655. The summed E-state index contributed by atoms with van der Waals surface area (Å²) >= 11 is 1.52. The highest BCUT2D eigenvalue weighted by atomic mass is 32.2. The second-order valence-corrected chi connectivity index (χ2v) is 4.89. The molecule has 0 spiro atoms. The van der Waals surface area contributed by atoms with Gasteiger partial charge in [-0.1, -0.05) is 11.8 Å². The highest BCUT2D eigenvalue weighted by Crippen LogP contribution is 2.32. The lowest BCUT2D eigenvalue weighted by Crippen LogP contribution is -1.93. The van der Waals surface area contributed by atoms with Crippen LogP contribution in [0.15, 0.2) is 46.8 Å². The number of aryl methyl sites for hydroxylation is 1. The van der Waals surface area contributed by atoms with Gasteiger partial charge in [-0.25, -0.2) is 9.50 Å². The van der Waals surface area contributed by atoms with Crippen molar-refractivity contribution in [3.05, 3.63) is 42.6 Å². The molecule has 0 bridgehead atoms. The lowest BCUT2D eigenvalue weighted by atomic mass is 10.4. The van der Waals surface area contributed by atoms with Crippen molar-refractivity contribution in [1.82, 2.24) is 19.6 Å². The topological polar surface area (TPSA) is 69.1 Å². The van der Waals surface area contributed by atoms with Gasteiger partial charge in [-0.2, -0.15) is 5.10 Å². The Balaban J connectivity index is 2.07. The summed E-state index contributed by atoms with van der Waals surface area (Å²) < 4.78 is 1.82. The highest BCUT2D eigenvalue weighted by Gasteiger charge is 2.08. The number of nitrogens with two attached hydrogens (primary N) is 1. The first-order chi connectivity index (χ1) is 8.74. The number of pyridine rings is 1. The predicted octanol–water partition coefficient (Wildman–Crippen LogP) is 2.17. The Kier molecular flexibility index (Phi) is 2.64. The van der Waals surface area contributed by atoms with E-state index in [1.54, 1.807) is 18.6 Å². The summed E-state index contributed by atoms with van der Waals surface area (Å²) in [6.07, 6.45) is 6.94. The van der Waals surface area contributed by atoms with Crippen LogP contribution in [0.2, 0.25) is 0 Å². The molecule has 90 valence electrons. The first-order valence-corrected chi connectivity index (χ1v) is 6.24. The Morgan fingerprint density at radius 3 is 3.06 bits per heavy atom. The van der Waals surface area contributed by atoms with Crippen LogP contribution in [0.3, 0.4) is 0 Å². The smallest absolute Gasteiger partial charge is 0.127 e. The van der Waals surface area contributed by atoms with Gasteiger partial charge in [0, 0.05) is 23.5 Å². The van der Waals surface area contributed by atoms with Crippen molar-refractivity contribution in [2.75, 3.05) is 5.73 Å². The Morgan fingerprint density at radius 1 is 1.33 bits per heavy atom. The van der Waals surface area contributed by atoms with E-state index in [0.717, 1.165) is 21.1 Å². The Bertz CT molecular complexity index is 707. The van der Waals surface area contributed by atoms with Crippen molar-refractivity contribution in [2.45, 2.75) is 16.8 Å². The monoisotopic (exact) mass is 257 g/mol. The number of nitrogen functional groups attached to an aromatic ring is 1. The lowest BCUT2D eigenvalue weighted by molar-refractivity contribution is 0.899. The molecule has 3 rings (SSSR count). The molecule has 0 radical (unpaired) electrons. The van der Waals surface area contributed by atoms with Gasteiger partial charge in [0.05, 0.1) is 23.1 Å². The Morgan fingerprint density at radius 2 is 2.22 bits per heavy atom. The molecule has 0 aliphatic heterocycles. The molecular weight excluding hydrogens is 246 g/mol. The van der Waals surface area contributed by atoms with Crippen LogP contribution < -0.4 is 5.73 Å². The molecule has 3 heterocycles. The number of nitrogens with zero attached hydrogens (tertiary/aromatic N) is 4. The van der Waals surface area contributed by atoms with Crippen LogP contribution in [0.25, 0.3) is 5.52 Å². The van der Waals surface area contributed by atoms with Crippen molar-refractivity contribution < 1.29 is 0 Å². The second-order valence-electron chi connectivity index (χ2n) is 3.86. The number of rotatable bonds is 2. The molecule has 2 N–H and O–H groups in total. The number of hydrogen-bond acceptors (Lipinski definition) is 5. The fourth-order valence-corrected chi connectivity index (χ4v) is 2.57. The van der Waals surface area contributed by atoms with Gasteiger partial charge in [-0.15, -0.1) is 0 Å². The molecule has 0 atom stereocenters. The van der Waals surface area contributed by atoms with E-state index < -0.39 is 0 Å². The molecule has 6 heteroatoms. The van der Waals surface area contributed by atoms with Gasteiger partial charge in [0.25, 0.3) is 0 Å². The molecule has 0 saturated heterocycles. The van der Waals surface area contributed by atoms with E-state index in [-0.39, 0.29) is 0 Å². The van der Waals surface area contributed by atoms with E-state index in [2.05, 4.69) is 15.1 Å². The van der Waals surface area contributed by atoms with E-state index >= 15 is 0 Å². The lowest BCUT2D eigenvalue weighted by Gasteiger charge is -2.04. The third kappa shape index (κ3) is 1.91. The number of hydrogen-bond donors (Lipinski definition) is 1. The summed E-state index contributed by atoms with van der Waals surface area (Å²) in [5, 5.41) is 5.24. The molecule has 18 heavy (non-hydrogen) atoms. The van der Waals surface area contributed by atoms with Crippen molar-refractivity contribution in [3.8, 4) is 0 Å². The van der Waals surface area contributed by atoms with E-state index in [1.165, 1.54) is 11.8 Å². The zero-order chi connectivity index (χ0) is 12.5. The van der Waals surface area contributed by atoms with Gasteiger partial charge in [0.15, 0.2) is 0 Å². The quantitative estimate of drug-likeness (QED) is 0.762. The molecule has 3 aromatic rings. The maximum atomic E-state index is 5.88. The molecule has 0 unspecified atom stereocenters. The zero-order valence-corrected chi connectivity index (χ0v) is 10.6. The van der Waals surface area contributed by atoms with Crippen molar-refractivity contribution in [2.24, 2.45) is 0 Å². The van der Waals surface area contributed by atoms with E-state index in [0.29, 0.717) is 5.69 Å². The van der Waals surface area contributed by atoms with Crippen LogP contribution in [-0.4, -0.2) is 19.6 Å². The molecule has 0 aliphatic rings. The maximum absolute atomic E-state index is 5.88. The summed E-state index contributed by atoms with van der Waals surface area (Å²) in [6.45, 7) is 1.96. The van der Waals surface area contributed by atoms with Gasteiger partial charge >= 0.3 is 0 Å². The van der Waals surface area contributed by atoms with Crippen molar-refractivity contribution >= 4 is 23.0 Å². The SMILES string of the molecule is Cc1cc2c(Sc3ccncc3N)nccn2n1. The first-order valence-electron chi connectivity index (χ1n) is 5.42. The zero-order valence-electron chi connectivity index (χ0n) is 9.74. The van der Waals surface area contributed by atoms with E-state index in [1.807, 2.05) is 29.8 Å². The van der Waals surface area contributed by atoms with Crippen molar-refractivity contribution in [3.63, 3.8) is 0 Å². The molecule has 0 aliphatic carbocycles.